The van der Waals surface area contributed by atoms with Gasteiger partial charge in [-0.15, -0.1) is 0 Å². The molecule has 3 rings (SSSR count). The molecule has 24 heavy (non-hydrogen) atoms. The fourth-order valence-corrected chi connectivity index (χ4v) is 4.07. The summed E-state index contributed by atoms with van der Waals surface area (Å²) < 4.78 is 0. The van der Waals surface area contributed by atoms with Crippen LogP contribution in [0.2, 0.25) is 0 Å². The number of aromatic nitrogens is 1. The Morgan fingerprint density at radius 1 is 1.29 bits per heavy atom. The van der Waals surface area contributed by atoms with Crippen molar-refractivity contribution in [3.8, 4) is 0 Å². The summed E-state index contributed by atoms with van der Waals surface area (Å²) in [7, 11) is 0. The zero-order valence-electron chi connectivity index (χ0n) is 16.1. The first kappa shape index (κ1) is 19.2. The molecule has 2 heterocycles. The van der Waals surface area contributed by atoms with E-state index >= 15 is 0 Å². The number of aliphatic hydroxyl groups excluding tert-OH is 1. The zero-order chi connectivity index (χ0) is 17.6. The quantitative estimate of drug-likeness (QED) is 0.714. The van der Waals surface area contributed by atoms with Crippen molar-refractivity contribution in [1.82, 2.24) is 4.98 Å². The predicted octanol–water partition coefficient (Wildman–Crippen LogP) is 5.07. The summed E-state index contributed by atoms with van der Waals surface area (Å²) in [5.41, 5.74) is 3.30. The molecule has 0 amide bonds. The van der Waals surface area contributed by atoms with Crippen molar-refractivity contribution < 1.29 is 5.11 Å². The normalized spacial score (nSPS) is 25.3. The average molecular weight is 333 g/mol. The van der Waals surface area contributed by atoms with E-state index in [0.29, 0.717) is 5.41 Å². The molecule has 2 aliphatic rings. The molecule has 1 atom stereocenters. The first-order chi connectivity index (χ1) is 11.5. The van der Waals surface area contributed by atoms with Crippen LogP contribution < -0.4 is 5.32 Å². The van der Waals surface area contributed by atoms with Crippen molar-refractivity contribution in [1.29, 1.82) is 0 Å². The van der Waals surface area contributed by atoms with E-state index in [1.54, 1.807) is 0 Å². The van der Waals surface area contributed by atoms with Gasteiger partial charge in [-0.25, -0.2) is 4.98 Å². The predicted molar refractivity (Wildman–Crippen MR) is 103 cm³/mol. The molecule has 1 aliphatic heterocycles. The van der Waals surface area contributed by atoms with Crippen molar-refractivity contribution in [2.75, 3.05) is 11.9 Å². The van der Waals surface area contributed by atoms with Gasteiger partial charge in [0.1, 0.15) is 5.82 Å². The highest BCUT2D eigenvalue weighted by molar-refractivity contribution is 5.57. The topological polar surface area (TPSA) is 45.2 Å². The largest absolute Gasteiger partial charge is 0.393 e. The van der Waals surface area contributed by atoms with Gasteiger partial charge in [-0.3, -0.25) is 0 Å². The first-order valence-corrected chi connectivity index (χ1v) is 9.96. The zero-order valence-corrected chi connectivity index (χ0v) is 16.1. The molecule has 3 nitrogen and oxygen atoms in total. The van der Waals surface area contributed by atoms with Crippen LogP contribution in [0.5, 0.6) is 0 Å². The third-order valence-electron chi connectivity index (χ3n) is 5.61. The smallest absolute Gasteiger partial charge is 0.129 e. The number of aliphatic hydroxyl groups is 1. The number of hydrogen-bond donors (Lipinski definition) is 2. The minimum Gasteiger partial charge on any atom is -0.393 e. The molecule has 1 spiro atoms. The fourth-order valence-electron chi connectivity index (χ4n) is 4.07. The van der Waals surface area contributed by atoms with Crippen LogP contribution in [0, 0.1) is 5.92 Å². The Bertz CT molecular complexity index is 503. The van der Waals surface area contributed by atoms with Crippen LogP contribution in [0.4, 0.5) is 5.82 Å². The van der Waals surface area contributed by atoms with E-state index in [0.717, 1.165) is 37.5 Å². The average Bonchev–Trinajstić information content (AvgIpc) is 2.94. The number of anilines is 1. The molecule has 0 bridgehead atoms. The van der Waals surface area contributed by atoms with Crippen LogP contribution >= 0.6 is 0 Å². The highest BCUT2D eigenvalue weighted by Crippen LogP contribution is 2.52. The van der Waals surface area contributed by atoms with Crippen molar-refractivity contribution in [2.45, 2.75) is 90.6 Å². The van der Waals surface area contributed by atoms with Crippen molar-refractivity contribution in [2.24, 2.45) is 5.92 Å². The van der Waals surface area contributed by atoms with E-state index in [4.69, 9.17) is 5.11 Å². The van der Waals surface area contributed by atoms with Crippen molar-refractivity contribution in [3.63, 3.8) is 0 Å². The highest BCUT2D eigenvalue weighted by atomic mass is 16.3. The molecule has 1 fully saturated rings. The first-order valence-electron chi connectivity index (χ1n) is 9.96. The van der Waals surface area contributed by atoms with E-state index in [-0.39, 0.29) is 6.10 Å². The van der Waals surface area contributed by atoms with Crippen LogP contribution in [0.15, 0.2) is 12.3 Å². The van der Waals surface area contributed by atoms with Crippen molar-refractivity contribution in [3.05, 3.63) is 23.4 Å². The molecule has 1 saturated carbocycles. The molecule has 1 unspecified atom stereocenters. The Hall–Kier alpha value is -1.09. The number of unbranched alkanes of at least 4 members (excludes halogenated alkanes) is 2. The lowest BCUT2D eigenvalue weighted by atomic mass is 9.60. The molecule has 0 radical (unpaired) electrons. The summed E-state index contributed by atoms with van der Waals surface area (Å²) in [4.78, 5) is 4.52. The highest BCUT2D eigenvalue weighted by Gasteiger charge is 2.48. The van der Waals surface area contributed by atoms with Gasteiger partial charge in [0.25, 0.3) is 0 Å². The molecule has 1 aliphatic carbocycles. The van der Waals surface area contributed by atoms with Gasteiger partial charge in [0.2, 0.25) is 0 Å². The Balaban J connectivity index is 0.000000202. The number of fused-ring (bicyclic) bond motifs is 2. The van der Waals surface area contributed by atoms with Gasteiger partial charge in [-0.1, -0.05) is 47.0 Å². The van der Waals surface area contributed by atoms with E-state index in [2.05, 4.69) is 37.1 Å². The lowest BCUT2D eigenvalue weighted by Crippen LogP contribution is -2.41. The standard InChI is InChI=1S/C13H18N2.C8H18O/c1-3-10-4-11-12(14-7-10)15-8-13(11)5-9(2)6-13;1-3-5-6-7-8(9)4-2/h4,7,9H,3,5-6,8H2,1-2H3,(H,14,15);8-9H,3-7H2,1-2H3. The minimum atomic E-state index is -0.0449. The monoisotopic (exact) mass is 332 g/mol. The lowest BCUT2D eigenvalue weighted by Gasteiger charge is -2.43. The molecule has 2 N–H and O–H groups in total. The molecule has 1 aromatic rings. The second-order valence-electron chi connectivity index (χ2n) is 7.80. The summed E-state index contributed by atoms with van der Waals surface area (Å²) >= 11 is 0. The summed E-state index contributed by atoms with van der Waals surface area (Å²) in [6.45, 7) is 9.85. The molecular formula is C21H36N2O. The van der Waals surface area contributed by atoms with Gasteiger partial charge >= 0.3 is 0 Å². The maximum atomic E-state index is 9.08. The summed E-state index contributed by atoms with van der Waals surface area (Å²) in [6, 6.07) is 2.37. The van der Waals surface area contributed by atoms with E-state index in [1.165, 1.54) is 43.2 Å². The molecular weight excluding hydrogens is 296 g/mol. The maximum Gasteiger partial charge on any atom is 0.129 e. The van der Waals surface area contributed by atoms with Gasteiger partial charge in [-0.2, -0.15) is 0 Å². The second-order valence-corrected chi connectivity index (χ2v) is 7.80. The van der Waals surface area contributed by atoms with Crippen LogP contribution in [0.25, 0.3) is 0 Å². The number of pyridine rings is 1. The molecule has 0 saturated heterocycles. The Morgan fingerprint density at radius 2 is 2.04 bits per heavy atom. The van der Waals surface area contributed by atoms with Crippen LogP contribution in [0.3, 0.4) is 0 Å². The molecule has 136 valence electrons. The Morgan fingerprint density at radius 3 is 2.62 bits per heavy atom. The summed E-state index contributed by atoms with van der Waals surface area (Å²) in [6.07, 6.45) is 11.3. The lowest BCUT2D eigenvalue weighted by molar-refractivity contribution is 0.156. The maximum absolute atomic E-state index is 9.08. The number of nitrogens with zero attached hydrogens (tertiary/aromatic N) is 1. The van der Waals surface area contributed by atoms with Gasteiger partial charge in [0, 0.05) is 23.7 Å². The van der Waals surface area contributed by atoms with Crippen LogP contribution in [-0.4, -0.2) is 22.7 Å². The van der Waals surface area contributed by atoms with E-state index < -0.39 is 0 Å². The van der Waals surface area contributed by atoms with Gasteiger partial charge in [0.15, 0.2) is 0 Å². The number of aryl methyl sites for hydroxylation is 1. The van der Waals surface area contributed by atoms with E-state index in [9.17, 15) is 0 Å². The minimum absolute atomic E-state index is 0.0449. The van der Waals surface area contributed by atoms with Gasteiger partial charge < -0.3 is 10.4 Å². The summed E-state index contributed by atoms with van der Waals surface area (Å²) in [5, 5.41) is 12.5. The second kappa shape index (κ2) is 8.84. The molecule has 1 aromatic heterocycles. The molecule has 3 heteroatoms. The van der Waals surface area contributed by atoms with Crippen molar-refractivity contribution >= 4 is 5.82 Å². The molecule has 0 aromatic carbocycles. The number of hydrogen-bond acceptors (Lipinski definition) is 3. The summed E-state index contributed by atoms with van der Waals surface area (Å²) in [5.74, 6) is 2.03. The third kappa shape index (κ3) is 4.50. The van der Waals surface area contributed by atoms with E-state index in [1.807, 2.05) is 13.1 Å². The van der Waals surface area contributed by atoms with Crippen LogP contribution in [0.1, 0.15) is 83.8 Å². The Kier molecular flexibility index (Phi) is 7.09. The van der Waals surface area contributed by atoms with Gasteiger partial charge in [0.05, 0.1) is 6.10 Å². The SMILES string of the molecule is CCCCCC(O)CC.CCc1cnc2c(c1)C1(CN2)CC(C)C1. The van der Waals surface area contributed by atoms with Crippen LogP contribution in [-0.2, 0) is 11.8 Å². The van der Waals surface area contributed by atoms with Gasteiger partial charge in [-0.05, 0) is 49.7 Å². The third-order valence-corrected chi connectivity index (χ3v) is 5.61. The fraction of sp³-hybridized carbons (Fsp3) is 0.762. The number of nitrogens with one attached hydrogen (secondary N) is 1. The Labute approximate surface area is 148 Å². The number of rotatable bonds is 6.